The van der Waals surface area contributed by atoms with Gasteiger partial charge in [0.25, 0.3) is 11.8 Å². The number of ether oxygens (including phenoxy) is 1. The van der Waals surface area contributed by atoms with Crippen LogP contribution in [0.4, 0.5) is 5.82 Å². The third-order valence-corrected chi connectivity index (χ3v) is 6.21. The summed E-state index contributed by atoms with van der Waals surface area (Å²) in [7, 11) is 0. The molecular weight excluding hydrogens is 448 g/mol. The second-order valence-corrected chi connectivity index (χ2v) is 8.36. The fourth-order valence-electron chi connectivity index (χ4n) is 3.76. The van der Waals surface area contributed by atoms with Crippen LogP contribution in [0.25, 0.3) is 0 Å². The Morgan fingerprint density at radius 2 is 1.93 bits per heavy atom. The molecule has 1 aromatic carbocycles. The van der Waals surface area contributed by atoms with Crippen LogP contribution in [-0.2, 0) is 4.74 Å². The zero-order valence-electron chi connectivity index (χ0n) is 16.7. The molecule has 2 aliphatic rings. The van der Waals surface area contributed by atoms with Gasteiger partial charge in [-0.1, -0.05) is 12.1 Å². The maximum Gasteiger partial charge on any atom is 0.255 e. The number of carbonyl (C=O) groups is 2. The number of amides is 2. The van der Waals surface area contributed by atoms with Crippen LogP contribution in [0.5, 0.6) is 0 Å². The lowest BCUT2D eigenvalue weighted by Crippen LogP contribution is -2.49. The van der Waals surface area contributed by atoms with E-state index in [2.05, 4.69) is 31.1 Å². The molecule has 0 radical (unpaired) electrons. The summed E-state index contributed by atoms with van der Waals surface area (Å²) in [5, 5.41) is 2.91. The van der Waals surface area contributed by atoms with Crippen molar-refractivity contribution in [3.05, 3.63) is 58.2 Å². The summed E-state index contributed by atoms with van der Waals surface area (Å²) in [5.41, 5.74) is 1.22. The third kappa shape index (κ3) is 4.82. The maximum absolute atomic E-state index is 12.7. The number of benzene rings is 1. The van der Waals surface area contributed by atoms with E-state index in [4.69, 9.17) is 4.74 Å². The van der Waals surface area contributed by atoms with Gasteiger partial charge in [0, 0.05) is 50.0 Å². The largest absolute Gasteiger partial charge is 0.376 e. The van der Waals surface area contributed by atoms with Gasteiger partial charge in [0.1, 0.15) is 5.82 Å². The van der Waals surface area contributed by atoms with Gasteiger partial charge in [-0.25, -0.2) is 4.98 Å². The number of hydrogen-bond donors (Lipinski definition) is 1. The summed E-state index contributed by atoms with van der Waals surface area (Å²) in [6.45, 7) is 3.98. The molecule has 0 aliphatic carbocycles. The monoisotopic (exact) mass is 472 g/mol. The molecule has 1 unspecified atom stereocenters. The molecule has 2 fully saturated rings. The number of halogens is 1. The highest BCUT2D eigenvalue weighted by atomic mass is 79.9. The van der Waals surface area contributed by atoms with Gasteiger partial charge in [0.15, 0.2) is 0 Å². The minimum atomic E-state index is -0.131. The van der Waals surface area contributed by atoms with Crippen LogP contribution in [0, 0.1) is 0 Å². The Labute approximate surface area is 184 Å². The Hall–Kier alpha value is -2.45. The molecule has 2 aliphatic heterocycles. The van der Waals surface area contributed by atoms with E-state index in [-0.39, 0.29) is 17.9 Å². The second kappa shape index (κ2) is 9.57. The van der Waals surface area contributed by atoms with E-state index < -0.39 is 0 Å². The van der Waals surface area contributed by atoms with E-state index in [1.54, 1.807) is 12.3 Å². The van der Waals surface area contributed by atoms with Crippen LogP contribution < -0.4 is 10.2 Å². The first-order chi connectivity index (χ1) is 14.6. The molecular formula is C22H25BrN4O3. The minimum Gasteiger partial charge on any atom is -0.376 e. The summed E-state index contributed by atoms with van der Waals surface area (Å²) < 4.78 is 6.34. The molecule has 8 heteroatoms. The van der Waals surface area contributed by atoms with E-state index in [0.29, 0.717) is 43.9 Å². The lowest BCUT2D eigenvalue weighted by molar-refractivity contribution is 0.0745. The number of pyridine rings is 1. The second-order valence-electron chi connectivity index (χ2n) is 7.51. The molecule has 2 aromatic rings. The number of hydrogen-bond acceptors (Lipinski definition) is 5. The van der Waals surface area contributed by atoms with Crippen molar-refractivity contribution in [1.29, 1.82) is 0 Å². The van der Waals surface area contributed by atoms with Gasteiger partial charge in [0.05, 0.1) is 17.2 Å². The highest BCUT2D eigenvalue weighted by Gasteiger charge is 2.24. The van der Waals surface area contributed by atoms with Crippen molar-refractivity contribution in [3.63, 3.8) is 0 Å². The summed E-state index contributed by atoms with van der Waals surface area (Å²) in [5.74, 6) is 0.723. The van der Waals surface area contributed by atoms with Gasteiger partial charge in [-0.2, -0.15) is 0 Å². The minimum absolute atomic E-state index is 0.0355. The number of anilines is 1. The molecule has 0 bridgehead atoms. The molecule has 2 saturated heterocycles. The van der Waals surface area contributed by atoms with Crippen molar-refractivity contribution in [2.45, 2.75) is 18.9 Å². The van der Waals surface area contributed by atoms with E-state index >= 15 is 0 Å². The normalized spacial score (nSPS) is 19.0. The number of nitrogens with one attached hydrogen (secondary N) is 1. The standard InChI is InChI=1S/C22H25BrN4O3/c23-19-6-2-1-5-18(19)22(29)27-11-9-26(10-12-27)20-8-7-16(14-24-20)21(28)25-15-17-4-3-13-30-17/h1-2,5-8,14,17H,3-4,9-13,15H2,(H,25,28). The van der Waals surface area contributed by atoms with Crippen molar-refractivity contribution in [2.75, 3.05) is 44.2 Å². The molecule has 1 atom stereocenters. The Morgan fingerprint density at radius 1 is 1.13 bits per heavy atom. The summed E-state index contributed by atoms with van der Waals surface area (Å²) in [6, 6.07) is 11.2. The van der Waals surface area contributed by atoms with Crippen LogP contribution >= 0.6 is 15.9 Å². The Balaban J connectivity index is 1.30. The molecule has 158 valence electrons. The topological polar surface area (TPSA) is 74.8 Å². The molecule has 4 rings (SSSR count). The van der Waals surface area contributed by atoms with Crippen molar-refractivity contribution in [1.82, 2.24) is 15.2 Å². The van der Waals surface area contributed by atoms with Gasteiger partial charge in [0.2, 0.25) is 0 Å². The quantitative estimate of drug-likeness (QED) is 0.723. The zero-order chi connectivity index (χ0) is 20.9. The average molecular weight is 473 g/mol. The molecule has 0 saturated carbocycles. The van der Waals surface area contributed by atoms with Crippen LogP contribution in [0.1, 0.15) is 33.6 Å². The molecule has 7 nitrogen and oxygen atoms in total. The smallest absolute Gasteiger partial charge is 0.255 e. The van der Waals surface area contributed by atoms with Gasteiger partial charge in [-0.05, 0) is 53.0 Å². The average Bonchev–Trinajstić information content (AvgIpc) is 3.31. The van der Waals surface area contributed by atoms with E-state index in [9.17, 15) is 9.59 Å². The molecule has 0 spiro atoms. The van der Waals surface area contributed by atoms with Crippen LogP contribution in [0.3, 0.4) is 0 Å². The van der Waals surface area contributed by atoms with E-state index in [1.807, 2.05) is 35.2 Å². The van der Waals surface area contributed by atoms with Gasteiger partial charge in [-0.15, -0.1) is 0 Å². The predicted molar refractivity (Wildman–Crippen MR) is 118 cm³/mol. The lowest BCUT2D eigenvalue weighted by Gasteiger charge is -2.35. The van der Waals surface area contributed by atoms with Crippen molar-refractivity contribution in [3.8, 4) is 0 Å². The van der Waals surface area contributed by atoms with Gasteiger partial charge >= 0.3 is 0 Å². The van der Waals surface area contributed by atoms with Gasteiger partial charge < -0.3 is 19.9 Å². The van der Waals surface area contributed by atoms with Crippen molar-refractivity contribution in [2.24, 2.45) is 0 Å². The first-order valence-electron chi connectivity index (χ1n) is 10.3. The zero-order valence-corrected chi connectivity index (χ0v) is 18.3. The molecule has 1 aromatic heterocycles. The van der Waals surface area contributed by atoms with E-state index in [1.165, 1.54) is 0 Å². The fourth-order valence-corrected chi connectivity index (χ4v) is 4.22. The predicted octanol–water partition coefficient (Wildman–Crippen LogP) is 2.72. The third-order valence-electron chi connectivity index (χ3n) is 5.52. The SMILES string of the molecule is O=C(NCC1CCCO1)c1ccc(N2CCN(C(=O)c3ccccc3Br)CC2)nc1. The highest BCUT2D eigenvalue weighted by molar-refractivity contribution is 9.10. The van der Waals surface area contributed by atoms with E-state index in [0.717, 1.165) is 29.7 Å². The molecule has 3 heterocycles. The Morgan fingerprint density at radius 3 is 2.60 bits per heavy atom. The van der Waals surface area contributed by atoms with Crippen molar-refractivity contribution < 1.29 is 14.3 Å². The van der Waals surface area contributed by atoms with Gasteiger partial charge in [-0.3, -0.25) is 9.59 Å². The van der Waals surface area contributed by atoms with Crippen LogP contribution in [0.2, 0.25) is 0 Å². The number of nitrogens with zero attached hydrogens (tertiary/aromatic N) is 3. The summed E-state index contributed by atoms with van der Waals surface area (Å²) >= 11 is 3.45. The van der Waals surface area contributed by atoms with Crippen molar-refractivity contribution >= 4 is 33.6 Å². The number of carbonyl (C=O) groups excluding carboxylic acids is 2. The Bertz CT molecular complexity index is 892. The van der Waals surface area contributed by atoms with Crippen LogP contribution in [0.15, 0.2) is 47.1 Å². The number of aromatic nitrogens is 1. The van der Waals surface area contributed by atoms with Crippen LogP contribution in [-0.4, -0.2) is 67.1 Å². The molecule has 30 heavy (non-hydrogen) atoms. The maximum atomic E-state index is 12.7. The lowest BCUT2D eigenvalue weighted by atomic mass is 10.2. The Kier molecular flexibility index (Phi) is 6.64. The fraction of sp³-hybridized carbons (Fsp3) is 0.409. The number of rotatable bonds is 5. The number of piperazine rings is 1. The molecule has 2 amide bonds. The molecule has 1 N–H and O–H groups in total. The first kappa shape index (κ1) is 20.8. The summed E-state index contributed by atoms with van der Waals surface area (Å²) in [4.78, 5) is 33.5. The summed E-state index contributed by atoms with van der Waals surface area (Å²) in [6.07, 6.45) is 3.78. The first-order valence-corrected chi connectivity index (χ1v) is 11.1. The highest BCUT2D eigenvalue weighted by Crippen LogP contribution is 2.20.